The van der Waals surface area contributed by atoms with E-state index in [1.165, 1.54) is 36.2 Å². The Bertz CT molecular complexity index is 1230. The van der Waals surface area contributed by atoms with Crippen LogP contribution in [-0.2, 0) is 23.1 Å². The molecule has 2 N–H and O–H groups in total. The first-order valence-corrected chi connectivity index (χ1v) is 11.8. The highest BCUT2D eigenvalue weighted by molar-refractivity contribution is 7.92. The number of hydrogen-bond acceptors (Lipinski definition) is 5. The SMILES string of the molecule is Cc1cc(S(=O)(=O)Nc2cccc(F)n2)c(F)cc1NCc1ccccc1CN1CCC1. The molecule has 0 bridgehead atoms. The number of halogens is 2. The maximum atomic E-state index is 14.8. The van der Waals surface area contributed by atoms with E-state index in [-0.39, 0.29) is 5.82 Å². The molecule has 0 amide bonds. The maximum Gasteiger partial charge on any atom is 0.265 e. The van der Waals surface area contributed by atoms with Crippen LogP contribution in [0.4, 0.5) is 20.3 Å². The number of sulfonamides is 1. The summed E-state index contributed by atoms with van der Waals surface area (Å²) in [7, 11) is -4.27. The van der Waals surface area contributed by atoms with Gasteiger partial charge in [-0.3, -0.25) is 9.62 Å². The summed E-state index contributed by atoms with van der Waals surface area (Å²) in [6.45, 7) is 5.26. The molecular formula is C23H24F2N4O2S. The van der Waals surface area contributed by atoms with Gasteiger partial charge in [-0.05, 0) is 67.4 Å². The largest absolute Gasteiger partial charge is 0.381 e. The van der Waals surface area contributed by atoms with Gasteiger partial charge in [-0.15, -0.1) is 0 Å². The Morgan fingerprint density at radius 2 is 1.78 bits per heavy atom. The number of pyridine rings is 1. The van der Waals surface area contributed by atoms with Crippen molar-refractivity contribution in [2.75, 3.05) is 23.1 Å². The molecule has 32 heavy (non-hydrogen) atoms. The van der Waals surface area contributed by atoms with Crippen molar-refractivity contribution in [3.05, 3.63) is 83.1 Å². The minimum Gasteiger partial charge on any atom is -0.381 e. The first-order chi connectivity index (χ1) is 15.3. The molecule has 1 aromatic heterocycles. The second-order valence-electron chi connectivity index (χ2n) is 7.80. The normalized spacial score (nSPS) is 14.1. The highest BCUT2D eigenvalue weighted by Gasteiger charge is 2.22. The van der Waals surface area contributed by atoms with Gasteiger partial charge in [0.25, 0.3) is 10.0 Å². The Labute approximate surface area is 186 Å². The molecule has 4 rings (SSSR count). The van der Waals surface area contributed by atoms with Crippen LogP contribution in [0.1, 0.15) is 23.1 Å². The first-order valence-electron chi connectivity index (χ1n) is 10.3. The van der Waals surface area contributed by atoms with Crippen LogP contribution in [0.25, 0.3) is 0 Å². The third kappa shape index (κ3) is 5.05. The minimum absolute atomic E-state index is 0.219. The van der Waals surface area contributed by atoms with Gasteiger partial charge in [-0.2, -0.15) is 4.39 Å². The van der Waals surface area contributed by atoms with Gasteiger partial charge in [-0.25, -0.2) is 17.8 Å². The summed E-state index contributed by atoms with van der Waals surface area (Å²) in [6, 6.07) is 14.2. The van der Waals surface area contributed by atoms with E-state index in [0.717, 1.165) is 31.3 Å². The van der Waals surface area contributed by atoms with E-state index in [9.17, 15) is 17.2 Å². The molecule has 0 atom stereocenters. The number of rotatable bonds is 8. The monoisotopic (exact) mass is 458 g/mol. The summed E-state index contributed by atoms with van der Waals surface area (Å²) >= 11 is 0. The standard InChI is InChI=1S/C23H24F2N4O2S/c1-16-12-21(32(30,31)28-23-9-4-8-22(25)27-23)19(24)13-20(16)26-14-17-6-2-3-7-18(17)15-29-10-5-11-29/h2-4,6-9,12-13,26H,5,10-11,14-15H2,1H3,(H,27,28). The zero-order chi connectivity index (χ0) is 22.7. The highest BCUT2D eigenvalue weighted by Crippen LogP contribution is 2.26. The molecule has 1 fully saturated rings. The molecule has 1 aliphatic heterocycles. The molecule has 168 valence electrons. The van der Waals surface area contributed by atoms with Crippen LogP contribution in [0.15, 0.2) is 59.5 Å². The molecule has 2 heterocycles. The molecule has 0 spiro atoms. The molecular weight excluding hydrogens is 434 g/mol. The Morgan fingerprint density at radius 1 is 1.03 bits per heavy atom. The van der Waals surface area contributed by atoms with Crippen molar-refractivity contribution in [2.45, 2.75) is 31.3 Å². The quantitative estimate of drug-likeness (QED) is 0.493. The van der Waals surface area contributed by atoms with Crippen LogP contribution in [0.2, 0.25) is 0 Å². The summed E-state index contributed by atoms with van der Waals surface area (Å²) in [5.74, 6) is -1.96. The summed E-state index contributed by atoms with van der Waals surface area (Å²) < 4.78 is 55.4. The molecule has 0 radical (unpaired) electrons. The van der Waals surface area contributed by atoms with Crippen molar-refractivity contribution in [3.8, 4) is 0 Å². The van der Waals surface area contributed by atoms with E-state index in [0.29, 0.717) is 17.8 Å². The van der Waals surface area contributed by atoms with E-state index >= 15 is 0 Å². The number of aryl methyl sites for hydroxylation is 1. The lowest BCUT2D eigenvalue weighted by Gasteiger charge is -2.31. The molecule has 2 aromatic carbocycles. The van der Waals surface area contributed by atoms with Gasteiger partial charge in [0.15, 0.2) is 0 Å². The average molecular weight is 459 g/mol. The van der Waals surface area contributed by atoms with Gasteiger partial charge >= 0.3 is 0 Å². The molecule has 9 heteroatoms. The smallest absolute Gasteiger partial charge is 0.265 e. The number of nitrogens with zero attached hydrogens (tertiary/aromatic N) is 2. The van der Waals surface area contributed by atoms with Crippen molar-refractivity contribution in [3.63, 3.8) is 0 Å². The van der Waals surface area contributed by atoms with Crippen molar-refractivity contribution >= 4 is 21.5 Å². The Balaban J connectivity index is 1.51. The molecule has 6 nitrogen and oxygen atoms in total. The Hall–Kier alpha value is -3.04. The van der Waals surface area contributed by atoms with Crippen molar-refractivity contribution in [1.82, 2.24) is 9.88 Å². The van der Waals surface area contributed by atoms with Gasteiger partial charge in [0.1, 0.15) is 16.5 Å². The van der Waals surface area contributed by atoms with Crippen LogP contribution in [0.3, 0.4) is 0 Å². The molecule has 1 aliphatic rings. The number of anilines is 2. The molecule has 0 aliphatic carbocycles. The predicted molar refractivity (Wildman–Crippen MR) is 120 cm³/mol. The first kappa shape index (κ1) is 22.2. The highest BCUT2D eigenvalue weighted by atomic mass is 32.2. The third-order valence-electron chi connectivity index (χ3n) is 5.45. The van der Waals surface area contributed by atoms with E-state index in [1.54, 1.807) is 6.92 Å². The van der Waals surface area contributed by atoms with Gasteiger partial charge in [0, 0.05) is 18.8 Å². The van der Waals surface area contributed by atoms with Crippen LogP contribution in [0, 0.1) is 18.7 Å². The second kappa shape index (κ2) is 9.22. The maximum absolute atomic E-state index is 14.8. The molecule has 0 saturated carbocycles. The van der Waals surface area contributed by atoms with Crippen molar-refractivity contribution in [1.29, 1.82) is 0 Å². The third-order valence-corrected chi connectivity index (χ3v) is 6.82. The molecule has 1 saturated heterocycles. The Kier molecular flexibility index (Phi) is 6.38. The summed E-state index contributed by atoms with van der Waals surface area (Å²) in [4.78, 5) is 5.30. The second-order valence-corrected chi connectivity index (χ2v) is 9.45. The Morgan fingerprint density at radius 3 is 2.47 bits per heavy atom. The van der Waals surface area contributed by atoms with Crippen LogP contribution in [-0.4, -0.2) is 31.4 Å². The number of nitrogens with one attached hydrogen (secondary N) is 2. The predicted octanol–water partition coefficient (Wildman–Crippen LogP) is 4.29. The number of aromatic nitrogens is 1. The number of benzene rings is 2. The lowest BCUT2D eigenvalue weighted by Crippen LogP contribution is -2.36. The van der Waals surface area contributed by atoms with Gasteiger partial charge in [0.05, 0.1) is 0 Å². The summed E-state index contributed by atoms with van der Waals surface area (Å²) in [6.07, 6.45) is 1.22. The van der Waals surface area contributed by atoms with E-state index < -0.39 is 26.7 Å². The van der Waals surface area contributed by atoms with Crippen LogP contribution >= 0.6 is 0 Å². The fourth-order valence-electron chi connectivity index (χ4n) is 3.56. The summed E-state index contributed by atoms with van der Waals surface area (Å²) in [5.41, 5.74) is 3.39. The van der Waals surface area contributed by atoms with Crippen molar-refractivity contribution < 1.29 is 17.2 Å². The molecule has 0 unspecified atom stereocenters. The van der Waals surface area contributed by atoms with E-state index in [4.69, 9.17) is 0 Å². The zero-order valence-corrected chi connectivity index (χ0v) is 18.4. The van der Waals surface area contributed by atoms with Crippen molar-refractivity contribution in [2.24, 2.45) is 0 Å². The van der Waals surface area contributed by atoms with E-state index in [2.05, 4.69) is 26.0 Å². The lowest BCUT2D eigenvalue weighted by molar-refractivity contribution is 0.172. The topological polar surface area (TPSA) is 74.3 Å². The fraction of sp³-hybridized carbons (Fsp3) is 0.261. The fourth-order valence-corrected chi connectivity index (χ4v) is 4.71. The zero-order valence-electron chi connectivity index (χ0n) is 17.6. The minimum atomic E-state index is -4.27. The average Bonchev–Trinajstić information content (AvgIpc) is 2.71. The van der Waals surface area contributed by atoms with Gasteiger partial charge < -0.3 is 5.32 Å². The molecule has 3 aromatic rings. The van der Waals surface area contributed by atoms with Gasteiger partial charge in [0.2, 0.25) is 5.95 Å². The van der Waals surface area contributed by atoms with E-state index in [1.807, 2.05) is 18.2 Å². The summed E-state index contributed by atoms with van der Waals surface area (Å²) in [5, 5.41) is 3.22. The van der Waals surface area contributed by atoms with Crippen LogP contribution < -0.4 is 10.0 Å². The van der Waals surface area contributed by atoms with Crippen LogP contribution in [0.5, 0.6) is 0 Å². The van der Waals surface area contributed by atoms with Gasteiger partial charge in [-0.1, -0.05) is 30.3 Å². The lowest BCUT2D eigenvalue weighted by atomic mass is 10.0. The number of hydrogen-bond donors (Lipinski definition) is 2. The number of likely N-dealkylation sites (tertiary alicyclic amines) is 1.